The summed E-state index contributed by atoms with van der Waals surface area (Å²) in [5, 5.41) is 1.26. The molecule has 4 atom stereocenters. The van der Waals surface area contributed by atoms with E-state index in [-0.39, 0.29) is 17.6 Å². The lowest BCUT2D eigenvalue weighted by Crippen LogP contribution is -2.30. The van der Waals surface area contributed by atoms with E-state index in [1.54, 1.807) is 6.08 Å². The Bertz CT molecular complexity index is 930. The van der Waals surface area contributed by atoms with Crippen molar-refractivity contribution in [1.29, 1.82) is 0 Å². The highest BCUT2D eigenvalue weighted by molar-refractivity contribution is 5.85. The zero-order valence-electron chi connectivity index (χ0n) is 20.6. The Hall–Kier alpha value is -1.70. The summed E-state index contributed by atoms with van der Waals surface area (Å²) < 4.78 is 30.2. The molecule has 2 aromatic carbocycles. The van der Waals surface area contributed by atoms with Gasteiger partial charge >= 0.3 is 0 Å². The second kappa shape index (κ2) is 11.6. The number of benzene rings is 2. The van der Waals surface area contributed by atoms with Crippen molar-refractivity contribution in [3.8, 4) is 0 Å². The predicted molar refractivity (Wildman–Crippen MR) is 137 cm³/mol. The van der Waals surface area contributed by atoms with Crippen molar-refractivity contribution in [1.82, 2.24) is 0 Å². The summed E-state index contributed by atoms with van der Waals surface area (Å²) in [4.78, 5) is 0. The maximum absolute atomic E-state index is 15.5. The fraction of sp³-hybridized carbons (Fsp3) is 0.613. The molecule has 0 nitrogen and oxygen atoms in total. The quantitative estimate of drug-likeness (QED) is 0.248. The zero-order valence-corrected chi connectivity index (χ0v) is 20.6. The molecular weight excluding hydrogens is 410 g/mol. The van der Waals surface area contributed by atoms with Gasteiger partial charge in [-0.25, -0.2) is 8.78 Å². The summed E-state index contributed by atoms with van der Waals surface area (Å²) in [5.41, 5.74) is 1.47. The third kappa shape index (κ3) is 5.87. The van der Waals surface area contributed by atoms with E-state index in [2.05, 4.69) is 13.5 Å². The molecule has 2 aromatic rings. The SMILES string of the molecule is C=CCCc1cc2ccc(C3CCC4CC(CCCCCCC)CCC4C3)c(F)c2cc1F. The maximum atomic E-state index is 15.5. The Labute approximate surface area is 199 Å². The van der Waals surface area contributed by atoms with Crippen LogP contribution in [0.3, 0.4) is 0 Å². The van der Waals surface area contributed by atoms with Crippen LogP contribution in [0.5, 0.6) is 0 Å². The smallest absolute Gasteiger partial charge is 0.134 e. The van der Waals surface area contributed by atoms with Gasteiger partial charge in [0, 0.05) is 5.39 Å². The zero-order chi connectivity index (χ0) is 23.2. The summed E-state index contributed by atoms with van der Waals surface area (Å²) in [6.07, 6.45) is 18.9. The minimum absolute atomic E-state index is 0.189. The average molecular weight is 453 g/mol. The van der Waals surface area contributed by atoms with Gasteiger partial charge in [0.2, 0.25) is 0 Å². The number of allylic oxidation sites excluding steroid dienone is 1. The Kier molecular flexibility index (Phi) is 8.61. The molecule has 4 rings (SSSR count). The number of rotatable bonds is 10. The lowest BCUT2D eigenvalue weighted by molar-refractivity contribution is 0.112. The van der Waals surface area contributed by atoms with Gasteiger partial charge in [0.25, 0.3) is 0 Å². The fourth-order valence-corrected chi connectivity index (χ4v) is 6.71. The van der Waals surface area contributed by atoms with Crippen LogP contribution >= 0.6 is 0 Å². The molecule has 0 N–H and O–H groups in total. The largest absolute Gasteiger partial charge is 0.207 e. The van der Waals surface area contributed by atoms with E-state index in [0.29, 0.717) is 17.4 Å². The number of unbranched alkanes of at least 4 members (excludes halogenated alkanes) is 4. The molecule has 2 aliphatic carbocycles. The van der Waals surface area contributed by atoms with Gasteiger partial charge in [-0.3, -0.25) is 0 Å². The van der Waals surface area contributed by atoms with Crippen LogP contribution in [-0.2, 0) is 6.42 Å². The molecule has 4 unspecified atom stereocenters. The highest BCUT2D eigenvalue weighted by Crippen LogP contribution is 2.49. The van der Waals surface area contributed by atoms with E-state index < -0.39 is 0 Å². The number of aryl methyl sites for hydroxylation is 1. The van der Waals surface area contributed by atoms with Crippen molar-refractivity contribution in [3.63, 3.8) is 0 Å². The van der Waals surface area contributed by atoms with Crippen molar-refractivity contribution in [3.05, 3.63) is 59.7 Å². The van der Waals surface area contributed by atoms with E-state index >= 15 is 4.39 Å². The van der Waals surface area contributed by atoms with Crippen LogP contribution in [0.15, 0.2) is 36.9 Å². The van der Waals surface area contributed by atoms with Crippen LogP contribution in [0, 0.1) is 29.4 Å². The highest BCUT2D eigenvalue weighted by atomic mass is 19.1. The van der Waals surface area contributed by atoms with Crippen molar-refractivity contribution in [2.75, 3.05) is 0 Å². The van der Waals surface area contributed by atoms with E-state index in [1.807, 2.05) is 18.2 Å². The highest BCUT2D eigenvalue weighted by Gasteiger charge is 2.36. The molecule has 0 radical (unpaired) electrons. The fourth-order valence-electron chi connectivity index (χ4n) is 6.71. The molecule has 180 valence electrons. The van der Waals surface area contributed by atoms with Gasteiger partial charge in [0.1, 0.15) is 11.6 Å². The first kappa shape index (κ1) is 24.4. The summed E-state index contributed by atoms with van der Waals surface area (Å²) >= 11 is 0. The van der Waals surface area contributed by atoms with Gasteiger partial charge < -0.3 is 0 Å². The topological polar surface area (TPSA) is 0 Å². The van der Waals surface area contributed by atoms with Crippen LogP contribution in [0.4, 0.5) is 8.78 Å². The molecule has 2 heteroatoms. The van der Waals surface area contributed by atoms with Gasteiger partial charge in [-0.2, -0.15) is 0 Å². The number of halogens is 2. The molecule has 0 saturated heterocycles. The van der Waals surface area contributed by atoms with Gasteiger partial charge in [0.15, 0.2) is 0 Å². The Morgan fingerprint density at radius 3 is 2.55 bits per heavy atom. The predicted octanol–water partition coefficient (Wildman–Crippen LogP) is 9.90. The normalized spacial score (nSPS) is 25.2. The summed E-state index contributed by atoms with van der Waals surface area (Å²) in [5.74, 6) is 2.30. The summed E-state index contributed by atoms with van der Waals surface area (Å²) in [6.45, 7) is 6.00. The standard InChI is InChI=1S/C31H42F2/c1-3-5-7-8-9-10-22-12-13-24-19-25(15-14-23(24)18-22)28-17-16-26-20-27(11-6-4-2)30(32)21-29(26)31(28)33/h4,16-17,20-25H,2-3,5-15,18-19H2,1H3. The molecule has 0 aromatic heterocycles. The van der Waals surface area contributed by atoms with Gasteiger partial charge in [-0.05, 0) is 97.3 Å². The third-order valence-electron chi connectivity index (χ3n) is 8.65. The Morgan fingerprint density at radius 2 is 1.73 bits per heavy atom. The van der Waals surface area contributed by atoms with Crippen molar-refractivity contribution >= 4 is 10.8 Å². The van der Waals surface area contributed by atoms with E-state index in [9.17, 15) is 4.39 Å². The minimum atomic E-state index is -0.294. The lowest BCUT2D eigenvalue weighted by atomic mass is 9.63. The van der Waals surface area contributed by atoms with Crippen molar-refractivity contribution in [2.24, 2.45) is 17.8 Å². The molecule has 2 saturated carbocycles. The first-order valence-corrected chi connectivity index (χ1v) is 13.6. The molecule has 0 aliphatic heterocycles. The first-order valence-electron chi connectivity index (χ1n) is 13.6. The second-order valence-electron chi connectivity index (χ2n) is 10.9. The molecule has 2 fully saturated rings. The minimum Gasteiger partial charge on any atom is -0.207 e. The molecule has 2 aliphatic rings. The maximum Gasteiger partial charge on any atom is 0.134 e. The second-order valence-corrected chi connectivity index (χ2v) is 10.9. The molecule has 0 heterocycles. The molecule has 0 spiro atoms. The van der Waals surface area contributed by atoms with Crippen LogP contribution < -0.4 is 0 Å². The molecule has 0 bridgehead atoms. The Morgan fingerprint density at radius 1 is 0.939 bits per heavy atom. The third-order valence-corrected chi connectivity index (χ3v) is 8.65. The van der Waals surface area contributed by atoms with Crippen LogP contribution in [0.25, 0.3) is 10.8 Å². The lowest BCUT2D eigenvalue weighted by Gasteiger charge is -2.42. The summed E-state index contributed by atoms with van der Waals surface area (Å²) in [6, 6.07) is 7.23. The summed E-state index contributed by atoms with van der Waals surface area (Å²) in [7, 11) is 0. The number of fused-ring (bicyclic) bond motifs is 2. The van der Waals surface area contributed by atoms with Crippen LogP contribution in [-0.4, -0.2) is 0 Å². The molecule has 33 heavy (non-hydrogen) atoms. The number of hydrogen-bond donors (Lipinski definition) is 0. The van der Waals surface area contributed by atoms with Gasteiger partial charge in [-0.1, -0.05) is 70.1 Å². The van der Waals surface area contributed by atoms with Gasteiger partial charge in [0.05, 0.1) is 0 Å². The average Bonchev–Trinajstić information content (AvgIpc) is 2.83. The van der Waals surface area contributed by atoms with Crippen LogP contribution in [0.1, 0.15) is 107 Å². The van der Waals surface area contributed by atoms with E-state index in [1.165, 1.54) is 70.3 Å². The van der Waals surface area contributed by atoms with E-state index in [0.717, 1.165) is 48.0 Å². The Balaban J connectivity index is 1.38. The van der Waals surface area contributed by atoms with Crippen molar-refractivity contribution in [2.45, 2.75) is 103 Å². The molecule has 0 amide bonds. The van der Waals surface area contributed by atoms with Crippen molar-refractivity contribution < 1.29 is 8.78 Å². The number of hydrogen-bond acceptors (Lipinski definition) is 0. The molecular formula is C31H42F2. The van der Waals surface area contributed by atoms with E-state index in [4.69, 9.17) is 0 Å². The monoisotopic (exact) mass is 452 g/mol. The first-order chi connectivity index (χ1) is 16.1. The van der Waals surface area contributed by atoms with Crippen LogP contribution in [0.2, 0.25) is 0 Å². The van der Waals surface area contributed by atoms with Gasteiger partial charge in [-0.15, -0.1) is 6.58 Å².